The van der Waals surface area contributed by atoms with E-state index in [2.05, 4.69) is 15.3 Å². The molecule has 5 nitrogen and oxygen atoms in total. The highest BCUT2D eigenvalue weighted by Gasteiger charge is 2.29. The third kappa shape index (κ3) is 2.31. The number of anilines is 1. The predicted octanol–water partition coefficient (Wildman–Crippen LogP) is 1.64. The van der Waals surface area contributed by atoms with Crippen molar-refractivity contribution in [3.8, 4) is 0 Å². The quantitative estimate of drug-likeness (QED) is 0.883. The molecular formula is C12H15N3O2S. The molecule has 0 aromatic carbocycles. The van der Waals surface area contributed by atoms with Crippen LogP contribution in [-0.2, 0) is 4.74 Å². The number of hydrogen-bond donors (Lipinski definition) is 2. The molecule has 2 N–H and O–H groups in total. The molecule has 18 heavy (non-hydrogen) atoms. The number of rotatable bonds is 3. The lowest BCUT2D eigenvalue weighted by Gasteiger charge is -2.32. The Labute approximate surface area is 109 Å². The van der Waals surface area contributed by atoms with E-state index in [-0.39, 0.29) is 0 Å². The normalized spacial score (nSPS) is 18.9. The number of aromatic nitrogens is 2. The van der Waals surface area contributed by atoms with Crippen molar-refractivity contribution in [2.45, 2.75) is 18.4 Å². The molecule has 0 amide bonds. The van der Waals surface area contributed by atoms with Gasteiger partial charge in [-0.25, -0.2) is 9.97 Å². The summed E-state index contributed by atoms with van der Waals surface area (Å²) in [5.41, 5.74) is -0.689. The first-order valence-corrected chi connectivity index (χ1v) is 6.87. The third-order valence-corrected chi connectivity index (χ3v) is 4.09. The smallest absolute Gasteiger partial charge is 0.138 e. The Morgan fingerprint density at radius 1 is 1.39 bits per heavy atom. The lowest BCUT2D eigenvalue weighted by Crippen LogP contribution is -2.42. The van der Waals surface area contributed by atoms with Gasteiger partial charge in [-0.2, -0.15) is 0 Å². The summed E-state index contributed by atoms with van der Waals surface area (Å²) < 4.78 is 5.26. The van der Waals surface area contributed by atoms with E-state index in [1.165, 1.54) is 0 Å². The van der Waals surface area contributed by atoms with E-state index in [0.717, 1.165) is 16.0 Å². The summed E-state index contributed by atoms with van der Waals surface area (Å²) in [4.78, 5) is 9.40. The molecule has 2 aromatic rings. The van der Waals surface area contributed by atoms with E-state index in [1.54, 1.807) is 17.7 Å². The van der Waals surface area contributed by atoms with Crippen LogP contribution in [-0.4, -0.2) is 40.4 Å². The fourth-order valence-electron chi connectivity index (χ4n) is 2.11. The molecule has 0 bridgehead atoms. The van der Waals surface area contributed by atoms with Crippen molar-refractivity contribution in [3.05, 3.63) is 17.8 Å². The number of fused-ring (bicyclic) bond motifs is 1. The van der Waals surface area contributed by atoms with Crippen molar-refractivity contribution in [2.75, 3.05) is 25.1 Å². The maximum absolute atomic E-state index is 10.4. The number of hydrogen-bond acceptors (Lipinski definition) is 6. The fraction of sp³-hybridized carbons (Fsp3) is 0.500. The summed E-state index contributed by atoms with van der Waals surface area (Å²) in [6.45, 7) is 1.74. The number of ether oxygens (including phenoxy) is 1. The third-order valence-electron chi connectivity index (χ3n) is 3.27. The van der Waals surface area contributed by atoms with Gasteiger partial charge in [0.2, 0.25) is 0 Å². The van der Waals surface area contributed by atoms with E-state index >= 15 is 0 Å². The summed E-state index contributed by atoms with van der Waals surface area (Å²) in [5, 5.41) is 16.6. The molecular weight excluding hydrogens is 250 g/mol. The molecule has 1 fully saturated rings. The van der Waals surface area contributed by atoms with Gasteiger partial charge in [0.15, 0.2) is 0 Å². The molecule has 0 unspecified atom stereocenters. The van der Waals surface area contributed by atoms with Crippen LogP contribution in [0, 0.1) is 0 Å². The molecule has 0 saturated carbocycles. The van der Waals surface area contributed by atoms with Gasteiger partial charge in [-0.1, -0.05) is 0 Å². The largest absolute Gasteiger partial charge is 0.388 e. The summed E-state index contributed by atoms with van der Waals surface area (Å²) in [5.74, 6) is 0.793. The summed E-state index contributed by atoms with van der Waals surface area (Å²) in [6, 6.07) is 2.00. The van der Waals surface area contributed by atoms with Gasteiger partial charge < -0.3 is 15.2 Å². The molecule has 0 radical (unpaired) electrons. The summed E-state index contributed by atoms with van der Waals surface area (Å²) in [6.07, 6.45) is 2.88. The first-order valence-electron chi connectivity index (χ1n) is 5.99. The highest BCUT2D eigenvalue weighted by molar-refractivity contribution is 7.16. The maximum Gasteiger partial charge on any atom is 0.138 e. The standard InChI is InChI=1S/C12H15N3O2S/c16-12(2-4-17-5-3-12)7-13-10-9-1-6-18-11(9)15-8-14-10/h1,6,8,16H,2-5,7H2,(H,13,14,15). The topological polar surface area (TPSA) is 67.3 Å². The Balaban J connectivity index is 1.74. The van der Waals surface area contributed by atoms with Gasteiger partial charge in [-0.05, 0) is 11.4 Å². The van der Waals surface area contributed by atoms with Crippen LogP contribution in [0.4, 0.5) is 5.82 Å². The van der Waals surface area contributed by atoms with Crippen LogP contribution in [0.2, 0.25) is 0 Å². The maximum atomic E-state index is 10.4. The molecule has 1 aliphatic heterocycles. The van der Waals surface area contributed by atoms with Crippen LogP contribution in [0.1, 0.15) is 12.8 Å². The van der Waals surface area contributed by atoms with Crippen LogP contribution in [0.3, 0.4) is 0 Å². The highest BCUT2D eigenvalue weighted by atomic mass is 32.1. The van der Waals surface area contributed by atoms with Crippen molar-refractivity contribution in [1.82, 2.24) is 9.97 Å². The van der Waals surface area contributed by atoms with Crippen LogP contribution >= 0.6 is 11.3 Å². The zero-order chi connectivity index (χ0) is 12.4. The minimum Gasteiger partial charge on any atom is -0.388 e. The Morgan fingerprint density at radius 3 is 3.06 bits per heavy atom. The Hall–Kier alpha value is -1.24. The van der Waals surface area contributed by atoms with Gasteiger partial charge >= 0.3 is 0 Å². The van der Waals surface area contributed by atoms with E-state index in [9.17, 15) is 5.11 Å². The van der Waals surface area contributed by atoms with Crippen LogP contribution in [0.5, 0.6) is 0 Å². The minimum absolute atomic E-state index is 0.498. The van der Waals surface area contributed by atoms with Crippen molar-refractivity contribution >= 4 is 27.4 Å². The number of aliphatic hydroxyl groups is 1. The van der Waals surface area contributed by atoms with Gasteiger partial charge in [0.05, 0.1) is 11.0 Å². The molecule has 6 heteroatoms. The van der Waals surface area contributed by atoms with Gasteiger partial charge in [0.25, 0.3) is 0 Å². The molecule has 0 aliphatic carbocycles. The summed E-state index contributed by atoms with van der Waals surface area (Å²) in [7, 11) is 0. The zero-order valence-corrected chi connectivity index (χ0v) is 10.7. The van der Waals surface area contributed by atoms with Gasteiger partial charge in [0, 0.05) is 32.6 Å². The Bertz CT molecular complexity index is 537. The van der Waals surface area contributed by atoms with E-state index < -0.39 is 5.60 Å². The molecule has 0 spiro atoms. The number of nitrogens with zero attached hydrogens (tertiary/aromatic N) is 2. The van der Waals surface area contributed by atoms with Crippen molar-refractivity contribution in [2.24, 2.45) is 0 Å². The first kappa shape index (κ1) is 11.8. The Kier molecular flexibility index (Phi) is 3.15. The van der Waals surface area contributed by atoms with Crippen LogP contribution in [0.15, 0.2) is 17.8 Å². The number of thiophene rings is 1. The van der Waals surface area contributed by atoms with Crippen LogP contribution in [0.25, 0.3) is 10.2 Å². The highest BCUT2D eigenvalue weighted by Crippen LogP contribution is 2.26. The number of nitrogens with one attached hydrogen (secondary N) is 1. The Morgan fingerprint density at radius 2 is 2.22 bits per heavy atom. The summed E-state index contributed by atoms with van der Waals surface area (Å²) >= 11 is 1.59. The van der Waals surface area contributed by atoms with Crippen molar-refractivity contribution in [1.29, 1.82) is 0 Å². The fourth-order valence-corrected chi connectivity index (χ4v) is 2.84. The molecule has 1 saturated heterocycles. The van der Waals surface area contributed by atoms with Gasteiger partial charge in [-0.3, -0.25) is 0 Å². The molecule has 0 atom stereocenters. The average Bonchev–Trinajstić information content (AvgIpc) is 2.86. The average molecular weight is 265 g/mol. The minimum atomic E-state index is -0.689. The molecule has 2 aromatic heterocycles. The van der Waals surface area contributed by atoms with Gasteiger partial charge in [0.1, 0.15) is 17.0 Å². The van der Waals surface area contributed by atoms with Crippen LogP contribution < -0.4 is 5.32 Å². The SMILES string of the molecule is OC1(CNc2ncnc3sccc23)CCOCC1. The second-order valence-corrected chi connectivity index (χ2v) is 5.45. The van der Waals surface area contributed by atoms with Crippen molar-refractivity contribution in [3.63, 3.8) is 0 Å². The van der Waals surface area contributed by atoms with E-state index in [1.807, 2.05) is 11.4 Å². The second-order valence-electron chi connectivity index (χ2n) is 4.55. The van der Waals surface area contributed by atoms with E-state index in [4.69, 9.17) is 4.74 Å². The molecule has 3 rings (SSSR count). The molecule has 1 aliphatic rings. The van der Waals surface area contributed by atoms with Crippen molar-refractivity contribution < 1.29 is 9.84 Å². The molecule has 96 valence electrons. The zero-order valence-electron chi connectivity index (χ0n) is 9.93. The molecule has 3 heterocycles. The van der Waals surface area contributed by atoms with E-state index in [0.29, 0.717) is 32.6 Å². The first-order chi connectivity index (χ1) is 8.77. The monoisotopic (exact) mass is 265 g/mol. The predicted molar refractivity (Wildman–Crippen MR) is 70.9 cm³/mol. The second kappa shape index (κ2) is 4.79. The van der Waals surface area contributed by atoms with Gasteiger partial charge in [-0.15, -0.1) is 11.3 Å². The lowest BCUT2D eigenvalue weighted by molar-refractivity contribution is -0.0543. The lowest BCUT2D eigenvalue weighted by atomic mass is 9.94.